The lowest BCUT2D eigenvalue weighted by Crippen LogP contribution is -2.45. The fraction of sp³-hybridized carbons (Fsp3) is 0.500. The maximum Gasteiger partial charge on any atom is 0.329 e. The zero-order valence-electron chi connectivity index (χ0n) is 18.7. The van der Waals surface area contributed by atoms with Crippen molar-refractivity contribution in [3.8, 4) is 5.75 Å². The van der Waals surface area contributed by atoms with E-state index in [0.29, 0.717) is 17.3 Å². The van der Waals surface area contributed by atoms with Crippen LogP contribution in [0.5, 0.6) is 5.75 Å². The van der Waals surface area contributed by atoms with Gasteiger partial charge in [0.05, 0.1) is 6.54 Å². The number of nitrogens with zero attached hydrogens (tertiary/aromatic N) is 5. The number of likely N-dealkylation sites (N-methyl/N-ethyl adjacent to an activating group) is 1. The number of aromatic nitrogens is 4. The van der Waals surface area contributed by atoms with E-state index in [2.05, 4.69) is 33.7 Å². The van der Waals surface area contributed by atoms with Gasteiger partial charge in [-0.05, 0) is 31.2 Å². The molecule has 0 aliphatic carbocycles. The highest BCUT2D eigenvalue weighted by Crippen LogP contribution is 2.21. The van der Waals surface area contributed by atoms with Crippen molar-refractivity contribution < 1.29 is 9.84 Å². The highest BCUT2D eigenvalue weighted by molar-refractivity contribution is 5.74. The van der Waals surface area contributed by atoms with Crippen molar-refractivity contribution in [1.82, 2.24) is 24.0 Å². The Morgan fingerprint density at radius 2 is 1.81 bits per heavy atom. The molecule has 1 unspecified atom stereocenters. The van der Waals surface area contributed by atoms with Crippen molar-refractivity contribution >= 4 is 17.1 Å². The predicted octanol–water partition coefficient (Wildman–Crippen LogP) is 0.177. The Balaban J connectivity index is 1.62. The number of fused-ring (bicyclic) bond motifs is 1. The number of aliphatic hydroxyl groups excluding tert-OH is 1. The maximum absolute atomic E-state index is 12.7. The number of hydrogen-bond acceptors (Lipinski definition) is 7. The summed E-state index contributed by atoms with van der Waals surface area (Å²) in [5.41, 5.74) is 0.753. The Morgan fingerprint density at radius 1 is 1.12 bits per heavy atom. The molecular formula is C22H30N6O4. The molecule has 0 amide bonds. The molecule has 1 aliphatic rings. The Labute approximate surface area is 185 Å². The summed E-state index contributed by atoms with van der Waals surface area (Å²) < 4.78 is 8.78. The lowest BCUT2D eigenvalue weighted by Gasteiger charge is -2.33. The average Bonchev–Trinajstić information content (AvgIpc) is 3.16. The monoisotopic (exact) mass is 442 g/mol. The normalized spacial score (nSPS) is 15.9. The van der Waals surface area contributed by atoms with Gasteiger partial charge < -0.3 is 24.2 Å². The summed E-state index contributed by atoms with van der Waals surface area (Å²) in [6, 6.07) is 7.76. The smallest absolute Gasteiger partial charge is 0.329 e. The van der Waals surface area contributed by atoms with Gasteiger partial charge in [-0.1, -0.05) is 19.1 Å². The summed E-state index contributed by atoms with van der Waals surface area (Å²) in [5.74, 6) is 1.25. The quantitative estimate of drug-likeness (QED) is 0.537. The van der Waals surface area contributed by atoms with Gasteiger partial charge in [0.15, 0.2) is 11.2 Å². The summed E-state index contributed by atoms with van der Waals surface area (Å²) in [4.78, 5) is 36.0. The summed E-state index contributed by atoms with van der Waals surface area (Å²) in [7, 11) is 3.63. The molecule has 3 aromatic rings. The third kappa shape index (κ3) is 4.42. The molecule has 1 saturated heterocycles. The van der Waals surface area contributed by atoms with Gasteiger partial charge in [-0.2, -0.15) is 4.98 Å². The minimum absolute atomic E-state index is 0.0665. The topological polar surface area (TPSA) is 109 Å². The predicted molar refractivity (Wildman–Crippen MR) is 123 cm³/mol. The molecule has 1 aliphatic heterocycles. The maximum atomic E-state index is 12.7. The zero-order valence-corrected chi connectivity index (χ0v) is 18.7. The molecular weight excluding hydrogens is 412 g/mol. The molecule has 4 rings (SSSR count). The van der Waals surface area contributed by atoms with E-state index in [9.17, 15) is 14.7 Å². The molecule has 0 spiro atoms. The van der Waals surface area contributed by atoms with Gasteiger partial charge >= 0.3 is 5.69 Å². The van der Waals surface area contributed by atoms with Crippen molar-refractivity contribution in [2.75, 3.05) is 44.7 Å². The number of aromatic amines is 1. The second-order valence-corrected chi connectivity index (χ2v) is 8.27. The van der Waals surface area contributed by atoms with E-state index < -0.39 is 17.4 Å². The first-order valence-corrected chi connectivity index (χ1v) is 10.9. The molecule has 10 nitrogen and oxygen atoms in total. The van der Waals surface area contributed by atoms with E-state index >= 15 is 0 Å². The van der Waals surface area contributed by atoms with E-state index in [1.165, 1.54) is 10.1 Å². The minimum atomic E-state index is -0.874. The first-order chi connectivity index (χ1) is 15.4. The van der Waals surface area contributed by atoms with Crippen LogP contribution in [0.2, 0.25) is 0 Å². The van der Waals surface area contributed by atoms with Crippen LogP contribution in [-0.4, -0.2) is 75.0 Å². The molecule has 3 heterocycles. The van der Waals surface area contributed by atoms with Crippen molar-refractivity contribution in [2.24, 2.45) is 7.05 Å². The number of ether oxygens (including phenoxy) is 1. The zero-order chi connectivity index (χ0) is 22.8. The van der Waals surface area contributed by atoms with Crippen LogP contribution in [0.15, 0.2) is 33.9 Å². The first kappa shape index (κ1) is 22.1. The molecule has 1 aromatic carbocycles. The third-order valence-corrected chi connectivity index (χ3v) is 5.94. The lowest BCUT2D eigenvalue weighted by atomic mass is 10.2. The number of rotatable bonds is 7. The summed E-state index contributed by atoms with van der Waals surface area (Å²) >= 11 is 0. The first-order valence-electron chi connectivity index (χ1n) is 10.9. The highest BCUT2D eigenvalue weighted by atomic mass is 16.5. The molecule has 1 atom stereocenters. The number of nitrogens with one attached hydrogen (secondary N) is 1. The number of aliphatic hydroxyl groups is 1. The largest absolute Gasteiger partial charge is 0.491 e. The van der Waals surface area contributed by atoms with Gasteiger partial charge in [-0.25, -0.2) is 4.79 Å². The van der Waals surface area contributed by atoms with E-state index in [4.69, 9.17) is 4.74 Å². The fourth-order valence-corrected chi connectivity index (χ4v) is 3.92. The van der Waals surface area contributed by atoms with Gasteiger partial charge in [0, 0.05) is 33.2 Å². The number of hydrogen-bond donors (Lipinski definition) is 2. The number of anilines is 1. The molecule has 0 bridgehead atoms. The average molecular weight is 443 g/mol. The summed E-state index contributed by atoms with van der Waals surface area (Å²) in [5, 5.41) is 10.7. The molecule has 2 aromatic heterocycles. The van der Waals surface area contributed by atoms with Gasteiger partial charge in [0.25, 0.3) is 5.56 Å². The number of piperazine rings is 1. The Hall–Kier alpha value is -3.11. The molecule has 1 fully saturated rings. The van der Waals surface area contributed by atoms with Crippen molar-refractivity contribution in [2.45, 2.75) is 26.0 Å². The molecule has 0 saturated carbocycles. The Kier molecular flexibility index (Phi) is 6.33. The van der Waals surface area contributed by atoms with Crippen LogP contribution in [0.3, 0.4) is 0 Å². The summed E-state index contributed by atoms with van der Waals surface area (Å²) in [6.45, 7) is 5.47. The molecule has 0 radical (unpaired) electrons. The van der Waals surface area contributed by atoms with E-state index in [-0.39, 0.29) is 18.7 Å². The minimum Gasteiger partial charge on any atom is -0.491 e. The van der Waals surface area contributed by atoms with E-state index in [1.807, 2.05) is 24.3 Å². The fourth-order valence-electron chi connectivity index (χ4n) is 3.92. The highest BCUT2D eigenvalue weighted by Gasteiger charge is 2.25. The standard InChI is InChI=1S/C22H30N6O4/c1-4-15-5-7-17(8-6-15)32-14-16(29)13-28-18-19(26(3)22(31)24-20(18)30)23-21(28)27-11-9-25(2)10-12-27/h5-8,16,29H,4,9-14H2,1-3H3,(H,24,30,31). The number of benzene rings is 1. The van der Waals surface area contributed by atoms with Gasteiger partial charge in [0.2, 0.25) is 5.95 Å². The number of H-pyrrole nitrogens is 1. The van der Waals surface area contributed by atoms with Gasteiger partial charge in [-0.15, -0.1) is 0 Å². The Morgan fingerprint density at radius 3 is 2.47 bits per heavy atom. The third-order valence-electron chi connectivity index (χ3n) is 5.94. The second-order valence-electron chi connectivity index (χ2n) is 8.27. The van der Waals surface area contributed by atoms with Gasteiger partial charge in [-0.3, -0.25) is 14.3 Å². The summed E-state index contributed by atoms with van der Waals surface area (Å²) in [6.07, 6.45) is 0.0732. The number of imidazole rings is 1. The van der Waals surface area contributed by atoms with E-state index in [0.717, 1.165) is 32.6 Å². The van der Waals surface area contributed by atoms with Crippen molar-refractivity contribution in [1.29, 1.82) is 0 Å². The van der Waals surface area contributed by atoms with Crippen LogP contribution >= 0.6 is 0 Å². The van der Waals surface area contributed by atoms with Crippen molar-refractivity contribution in [3.63, 3.8) is 0 Å². The van der Waals surface area contributed by atoms with Crippen molar-refractivity contribution in [3.05, 3.63) is 50.7 Å². The number of aryl methyl sites for hydroxylation is 2. The van der Waals surface area contributed by atoms with Crippen LogP contribution < -0.4 is 20.9 Å². The molecule has 10 heteroatoms. The van der Waals surface area contributed by atoms with E-state index in [1.54, 1.807) is 11.6 Å². The second kappa shape index (κ2) is 9.17. The Bertz CT molecular complexity index is 1190. The van der Waals surface area contributed by atoms with Crippen LogP contribution in [-0.2, 0) is 20.0 Å². The molecule has 2 N–H and O–H groups in total. The van der Waals surface area contributed by atoms with Crippen LogP contribution in [0.25, 0.3) is 11.2 Å². The van der Waals surface area contributed by atoms with Gasteiger partial charge in [0.1, 0.15) is 18.5 Å². The molecule has 172 valence electrons. The van der Waals surface area contributed by atoms with Crippen LogP contribution in [0.4, 0.5) is 5.95 Å². The molecule has 32 heavy (non-hydrogen) atoms. The van der Waals surface area contributed by atoms with Crippen LogP contribution in [0.1, 0.15) is 12.5 Å². The van der Waals surface area contributed by atoms with Crippen LogP contribution in [0, 0.1) is 0 Å². The lowest BCUT2D eigenvalue weighted by molar-refractivity contribution is 0.0935. The SMILES string of the molecule is CCc1ccc(OCC(O)Cn2c(N3CCN(C)CC3)nc3c2c(=O)[nH]c(=O)n3C)cc1.